The molecule has 0 aliphatic heterocycles. The zero-order valence-electron chi connectivity index (χ0n) is 6.55. The summed E-state index contributed by atoms with van der Waals surface area (Å²) in [5.41, 5.74) is 4.40. The maximum absolute atomic E-state index is 4.02. The topological polar surface area (TPSA) is 41.6 Å². The molecule has 0 radical (unpaired) electrons. The van der Waals surface area contributed by atoms with Crippen LogP contribution in [0, 0.1) is 13.8 Å². The molecule has 1 N–H and O–H groups in total. The Balaban J connectivity index is 2.92. The Bertz CT molecular complexity index is 389. The molecule has 0 bridgehead atoms. The Morgan fingerprint density at radius 3 is 2.91 bits per heavy atom. The lowest BCUT2D eigenvalue weighted by atomic mass is 10.2. The van der Waals surface area contributed by atoms with Crippen LogP contribution in [0.5, 0.6) is 0 Å². The number of aromatic amines is 1. The van der Waals surface area contributed by atoms with E-state index < -0.39 is 0 Å². The van der Waals surface area contributed by atoms with Crippen LogP contribution in [0.25, 0.3) is 11.0 Å². The smallest absolute Gasteiger partial charge is 0.114 e. The van der Waals surface area contributed by atoms with Gasteiger partial charge in [-0.1, -0.05) is 0 Å². The zero-order valence-corrected chi connectivity index (χ0v) is 6.55. The van der Waals surface area contributed by atoms with Crippen LogP contribution in [-0.4, -0.2) is 15.2 Å². The van der Waals surface area contributed by atoms with E-state index in [1.807, 2.05) is 19.9 Å². The molecule has 56 valence electrons. The van der Waals surface area contributed by atoms with Crippen molar-refractivity contribution in [2.45, 2.75) is 13.8 Å². The molecular weight excluding hydrogens is 138 g/mol. The second-order valence-electron chi connectivity index (χ2n) is 2.67. The van der Waals surface area contributed by atoms with Crippen molar-refractivity contribution in [3.8, 4) is 0 Å². The van der Waals surface area contributed by atoms with Crippen molar-refractivity contribution in [3.05, 3.63) is 23.5 Å². The average Bonchev–Trinajstić information content (AvgIpc) is 2.30. The van der Waals surface area contributed by atoms with E-state index in [1.54, 1.807) is 6.20 Å². The molecule has 0 saturated heterocycles. The molecule has 2 aromatic heterocycles. The van der Waals surface area contributed by atoms with Gasteiger partial charge in [-0.2, -0.15) is 5.10 Å². The van der Waals surface area contributed by atoms with Gasteiger partial charge in [0, 0.05) is 5.69 Å². The van der Waals surface area contributed by atoms with E-state index >= 15 is 0 Å². The summed E-state index contributed by atoms with van der Waals surface area (Å²) < 4.78 is 0. The first-order valence-corrected chi connectivity index (χ1v) is 3.55. The third-order valence-electron chi connectivity index (χ3n) is 1.96. The molecule has 0 atom stereocenters. The lowest BCUT2D eigenvalue weighted by Crippen LogP contribution is -1.79. The van der Waals surface area contributed by atoms with Crippen LogP contribution in [0.1, 0.15) is 11.3 Å². The number of nitrogens with one attached hydrogen (secondary N) is 1. The third-order valence-corrected chi connectivity index (χ3v) is 1.96. The number of hydrogen-bond donors (Lipinski definition) is 1. The molecule has 3 heteroatoms. The predicted octanol–water partition coefficient (Wildman–Crippen LogP) is 1.57. The quantitative estimate of drug-likeness (QED) is 0.614. The fourth-order valence-corrected chi connectivity index (χ4v) is 1.18. The van der Waals surface area contributed by atoms with E-state index in [0.29, 0.717) is 0 Å². The summed E-state index contributed by atoms with van der Waals surface area (Å²) in [6, 6.07) is 1.93. The fraction of sp³-hybridized carbons (Fsp3) is 0.250. The number of rotatable bonds is 0. The normalized spacial score (nSPS) is 10.7. The summed E-state index contributed by atoms with van der Waals surface area (Å²) in [6.45, 7) is 4.08. The van der Waals surface area contributed by atoms with Crippen molar-refractivity contribution in [1.82, 2.24) is 15.2 Å². The first-order valence-electron chi connectivity index (χ1n) is 3.55. The first-order chi connectivity index (χ1) is 5.29. The van der Waals surface area contributed by atoms with E-state index in [4.69, 9.17) is 0 Å². The van der Waals surface area contributed by atoms with Crippen LogP contribution >= 0.6 is 0 Å². The molecule has 0 fully saturated rings. The van der Waals surface area contributed by atoms with Gasteiger partial charge in [0.25, 0.3) is 0 Å². The largest absolute Gasteiger partial charge is 0.357 e. The second-order valence-corrected chi connectivity index (χ2v) is 2.67. The Hall–Kier alpha value is -1.38. The monoisotopic (exact) mass is 147 g/mol. The van der Waals surface area contributed by atoms with Gasteiger partial charge in [0.15, 0.2) is 0 Å². The lowest BCUT2D eigenvalue weighted by Gasteiger charge is -1.85. The summed E-state index contributed by atoms with van der Waals surface area (Å²) >= 11 is 0. The number of nitrogens with zero attached hydrogens (tertiary/aromatic N) is 2. The number of hydrogen-bond acceptors (Lipinski definition) is 2. The maximum Gasteiger partial charge on any atom is 0.114 e. The molecule has 0 aliphatic rings. The van der Waals surface area contributed by atoms with Gasteiger partial charge in [-0.25, -0.2) is 0 Å². The predicted molar refractivity (Wildman–Crippen MR) is 43.4 cm³/mol. The van der Waals surface area contributed by atoms with E-state index in [1.165, 1.54) is 11.3 Å². The summed E-state index contributed by atoms with van der Waals surface area (Å²) in [5.74, 6) is 0. The molecule has 0 unspecified atom stereocenters. The highest BCUT2D eigenvalue weighted by Gasteiger charge is 2.03. The van der Waals surface area contributed by atoms with Gasteiger partial charge in [0.2, 0.25) is 0 Å². The minimum absolute atomic E-state index is 0.977. The standard InChI is InChI=1S/C8H9N3/c1-5-6(2)10-7-3-4-9-11-8(5)7/h3-4,10H,1-2H3. The van der Waals surface area contributed by atoms with Crippen LogP contribution in [0.2, 0.25) is 0 Å². The summed E-state index contributed by atoms with van der Waals surface area (Å²) in [6.07, 6.45) is 1.69. The third kappa shape index (κ3) is 0.808. The highest BCUT2D eigenvalue weighted by Crippen LogP contribution is 2.16. The molecule has 11 heavy (non-hydrogen) atoms. The molecule has 2 aromatic rings. The number of aryl methyl sites for hydroxylation is 2. The second kappa shape index (κ2) is 2.05. The van der Waals surface area contributed by atoms with Crippen LogP contribution in [0.4, 0.5) is 0 Å². The fourth-order valence-electron chi connectivity index (χ4n) is 1.18. The van der Waals surface area contributed by atoms with Gasteiger partial charge < -0.3 is 4.98 Å². The lowest BCUT2D eigenvalue weighted by molar-refractivity contribution is 1.07. The Morgan fingerprint density at radius 1 is 1.36 bits per heavy atom. The van der Waals surface area contributed by atoms with Gasteiger partial charge in [0.05, 0.1) is 11.7 Å². The minimum Gasteiger partial charge on any atom is -0.357 e. The summed E-state index contributed by atoms with van der Waals surface area (Å²) in [5, 5.41) is 7.84. The molecule has 0 saturated carbocycles. The summed E-state index contributed by atoms with van der Waals surface area (Å²) in [4.78, 5) is 3.22. The average molecular weight is 147 g/mol. The summed E-state index contributed by atoms with van der Waals surface area (Å²) in [7, 11) is 0. The Labute approximate surface area is 64.5 Å². The van der Waals surface area contributed by atoms with E-state index in [9.17, 15) is 0 Å². The van der Waals surface area contributed by atoms with Crippen LogP contribution < -0.4 is 0 Å². The van der Waals surface area contributed by atoms with Crippen molar-refractivity contribution < 1.29 is 0 Å². The van der Waals surface area contributed by atoms with Gasteiger partial charge >= 0.3 is 0 Å². The van der Waals surface area contributed by atoms with Crippen molar-refractivity contribution in [3.63, 3.8) is 0 Å². The van der Waals surface area contributed by atoms with Gasteiger partial charge in [0.1, 0.15) is 5.52 Å². The minimum atomic E-state index is 0.977. The molecule has 0 aromatic carbocycles. The number of aromatic nitrogens is 3. The van der Waals surface area contributed by atoms with Crippen molar-refractivity contribution in [1.29, 1.82) is 0 Å². The highest BCUT2D eigenvalue weighted by molar-refractivity contribution is 5.79. The number of H-pyrrole nitrogens is 1. The van der Waals surface area contributed by atoms with E-state index in [-0.39, 0.29) is 0 Å². The molecule has 2 heterocycles. The molecule has 0 aliphatic carbocycles. The van der Waals surface area contributed by atoms with Crippen molar-refractivity contribution >= 4 is 11.0 Å². The van der Waals surface area contributed by atoms with Crippen LogP contribution in [0.3, 0.4) is 0 Å². The molecule has 2 rings (SSSR count). The highest BCUT2D eigenvalue weighted by atomic mass is 15.1. The van der Waals surface area contributed by atoms with E-state index in [2.05, 4.69) is 15.2 Å². The molecule has 3 nitrogen and oxygen atoms in total. The number of fused-ring (bicyclic) bond motifs is 1. The van der Waals surface area contributed by atoms with Crippen LogP contribution in [-0.2, 0) is 0 Å². The molecule has 0 spiro atoms. The molecule has 0 amide bonds. The van der Waals surface area contributed by atoms with Crippen LogP contribution in [0.15, 0.2) is 12.3 Å². The van der Waals surface area contributed by atoms with Gasteiger partial charge in [-0.15, -0.1) is 5.10 Å². The Morgan fingerprint density at radius 2 is 2.18 bits per heavy atom. The zero-order chi connectivity index (χ0) is 7.84. The first kappa shape index (κ1) is 6.34. The van der Waals surface area contributed by atoms with Crippen molar-refractivity contribution in [2.75, 3.05) is 0 Å². The van der Waals surface area contributed by atoms with Gasteiger partial charge in [-0.05, 0) is 25.5 Å². The van der Waals surface area contributed by atoms with E-state index in [0.717, 1.165) is 11.0 Å². The molecular formula is C8H9N3. The van der Waals surface area contributed by atoms with Gasteiger partial charge in [-0.3, -0.25) is 0 Å². The van der Waals surface area contributed by atoms with Crippen molar-refractivity contribution in [2.24, 2.45) is 0 Å². The maximum atomic E-state index is 4.02. The Kier molecular flexibility index (Phi) is 1.18. The SMILES string of the molecule is Cc1[nH]c2ccnnc2c1C.